The number of carboxylic acids is 1. The number of nitrogens with one attached hydrogen (secondary N) is 1. The molecule has 0 fully saturated rings. The summed E-state index contributed by atoms with van der Waals surface area (Å²) >= 11 is 0. The van der Waals surface area contributed by atoms with Gasteiger partial charge in [0.25, 0.3) is 0 Å². The average Bonchev–Trinajstić information content (AvgIpc) is 3.18. The number of hydrogen-bond acceptors (Lipinski definition) is 5. The van der Waals surface area contributed by atoms with Crippen molar-refractivity contribution in [1.82, 2.24) is 9.97 Å². The molecule has 2 N–H and O–H groups in total. The fraction of sp³-hybridized carbons (Fsp3) is 0.150. The van der Waals surface area contributed by atoms with E-state index in [9.17, 15) is 4.79 Å². The van der Waals surface area contributed by atoms with Crippen molar-refractivity contribution in [2.45, 2.75) is 19.8 Å². The van der Waals surface area contributed by atoms with Gasteiger partial charge in [-0.15, -0.1) is 6.58 Å². The van der Waals surface area contributed by atoms with E-state index in [4.69, 9.17) is 9.52 Å². The minimum Gasteiger partial charge on any atom is -0.478 e. The van der Waals surface area contributed by atoms with E-state index in [1.54, 1.807) is 36.6 Å². The summed E-state index contributed by atoms with van der Waals surface area (Å²) in [5.41, 5.74) is 2.85. The first kappa shape index (κ1) is 17.4. The lowest BCUT2D eigenvalue weighted by Gasteiger charge is -2.15. The van der Waals surface area contributed by atoms with Crippen LogP contribution in [-0.2, 0) is 12.8 Å². The molecular weight excluding hydrogens is 330 g/mol. The summed E-state index contributed by atoms with van der Waals surface area (Å²) in [5, 5.41) is 12.3. The number of allylic oxidation sites excluding steroid dienone is 1. The van der Waals surface area contributed by atoms with Crippen LogP contribution in [0.1, 0.15) is 28.5 Å². The highest BCUT2D eigenvalue weighted by Gasteiger charge is 2.15. The van der Waals surface area contributed by atoms with Gasteiger partial charge in [-0.05, 0) is 49.2 Å². The van der Waals surface area contributed by atoms with Crippen LogP contribution in [0.3, 0.4) is 0 Å². The lowest BCUT2D eigenvalue weighted by atomic mass is 10.1. The molecule has 3 rings (SSSR count). The Labute approximate surface area is 151 Å². The smallest absolute Gasteiger partial charge is 0.335 e. The van der Waals surface area contributed by atoms with Crippen molar-refractivity contribution in [2.24, 2.45) is 0 Å². The van der Waals surface area contributed by atoms with Crippen molar-refractivity contribution in [2.75, 3.05) is 5.32 Å². The minimum absolute atomic E-state index is 0.232. The third kappa shape index (κ3) is 3.64. The predicted octanol–water partition coefficient (Wildman–Crippen LogP) is 4.47. The standard InChI is InChI=1S/C20H19N3O3/c1-3-6-15-16(4-2)22-19(17-7-5-12-26-17)23-18(15)21-14-10-8-13(9-11-14)20(24)25/h3,5,7-12H,1,4,6H2,2H3,(H,24,25)(H,21,22,23). The third-order valence-corrected chi connectivity index (χ3v) is 3.91. The fourth-order valence-electron chi connectivity index (χ4n) is 2.63. The molecule has 0 aliphatic carbocycles. The maximum absolute atomic E-state index is 11.0. The Balaban J connectivity index is 2.03. The molecule has 3 aromatic rings. The largest absolute Gasteiger partial charge is 0.478 e. The Morgan fingerprint density at radius 3 is 2.62 bits per heavy atom. The summed E-state index contributed by atoms with van der Waals surface area (Å²) in [6, 6.07) is 10.1. The van der Waals surface area contributed by atoms with Gasteiger partial charge in [0.2, 0.25) is 0 Å². The molecule has 0 amide bonds. The first-order valence-electron chi connectivity index (χ1n) is 8.27. The summed E-state index contributed by atoms with van der Waals surface area (Å²) in [6.07, 6.45) is 4.76. The maximum atomic E-state index is 11.0. The van der Waals surface area contributed by atoms with E-state index in [1.807, 2.05) is 19.1 Å². The second-order valence-electron chi connectivity index (χ2n) is 5.65. The number of rotatable bonds is 7. The Morgan fingerprint density at radius 2 is 2.04 bits per heavy atom. The van der Waals surface area contributed by atoms with E-state index in [-0.39, 0.29) is 5.56 Å². The van der Waals surface area contributed by atoms with Gasteiger partial charge in [-0.2, -0.15) is 0 Å². The second kappa shape index (κ2) is 7.65. The van der Waals surface area contributed by atoms with Crippen molar-refractivity contribution in [1.29, 1.82) is 0 Å². The highest BCUT2D eigenvalue weighted by Crippen LogP contribution is 2.27. The predicted molar refractivity (Wildman–Crippen MR) is 99.7 cm³/mol. The van der Waals surface area contributed by atoms with Gasteiger partial charge in [0.1, 0.15) is 5.82 Å². The molecular formula is C20H19N3O3. The van der Waals surface area contributed by atoms with Crippen molar-refractivity contribution >= 4 is 17.5 Å². The van der Waals surface area contributed by atoms with E-state index < -0.39 is 5.97 Å². The lowest BCUT2D eigenvalue weighted by molar-refractivity contribution is 0.0697. The van der Waals surface area contributed by atoms with Crippen LogP contribution in [0.5, 0.6) is 0 Å². The van der Waals surface area contributed by atoms with Gasteiger partial charge in [-0.1, -0.05) is 13.0 Å². The number of furan rings is 1. The molecule has 26 heavy (non-hydrogen) atoms. The van der Waals surface area contributed by atoms with E-state index >= 15 is 0 Å². The molecule has 0 unspecified atom stereocenters. The van der Waals surface area contributed by atoms with Crippen LogP contribution in [0.25, 0.3) is 11.6 Å². The van der Waals surface area contributed by atoms with Crippen LogP contribution in [0, 0.1) is 0 Å². The molecule has 2 heterocycles. The summed E-state index contributed by atoms with van der Waals surface area (Å²) in [6.45, 7) is 5.85. The topological polar surface area (TPSA) is 88.3 Å². The Hall–Kier alpha value is -3.41. The molecule has 1 aromatic carbocycles. The Kier molecular flexibility index (Phi) is 5.12. The summed E-state index contributed by atoms with van der Waals surface area (Å²) in [4.78, 5) is 20.2. The van der Waals surface area contributed by atoms with Crippen LogP contribution in [0.15, 0.2) is 59.7 Å². The third-order valence-electron chi connectivity index (χ3n) is 3.91. The molecule has 6 nitrogen and oxygen atoms in total. The molecule has 0 aliphatic heterocycles. The fourth-order valence-corrected chi connectivity index (χ4v) is 2.63. The zero-order valence-electron chi connectivity index (χ0n) is 14.4. The average molecular weight is 349 g/mol. The molecule has 0 aliphatic rings. The van der Waals surface area contributed by atoms with Crippen LogP contribution in [-0.4, -0.2) is 21.0 Å². The number of benzene rings is 1. The van der Waals surface area contributed by atoms with Crippen LogP contribution in [0.4, 0.5) is 11.5 Å². The number of aromatic nitrogens is 2. The Bertz CT molecular complexity index is 916. The van der Waals surface area contributed by atoms with E-state index in [2.05, 4.69) is 21.9 Å². The van der Waals surface area contributed by atoms with E-state index in [0.717, 1.165) is 23.4 Å². The van der Waals surface area contributed by atoms with E-state index in [0.29, 0.717) is 23.8 Å². The molecule has 132 valence electrons. The number of aromatic carboxylic acids is 1. The summed E-state index contributed by atoms with van der Waals surface area (Å²) in [5.74, 6) is 0.795. The molecule has 0 atom stereocenters. The van der Waals surface area contributed by atoms with Crippen LogP contribution in [0.2, 0.25) is 0 Å². The number of aryl methyl sites for hydroxylation is 1. The zero-order valence-corrected chi connectivity index (χ0v) is 14.4. The number of hydrogen-bond donors (Lipinski definition) is 2. The van der Waals surface area contributed by atoms with Gasteiger partial charge in [0.05, 0.1) is 11.8 Å². The van der Waals surface area contributed by atoms with Gasteiger partial charge >= 0.3 is 5.97 Å². The summed E-state index contributed by atoms with van der Waals surface area (Å²) < 4.78 is 5.43. The van der Waals surface area contributed by atoms with Gasteiger partial charge in [-0.3, -0.25) is 0 Å². The van der Waals surface area contributed by atoms with Crippen molar-refractivity contribution in [3.8, 4) is 11.6 Å². The van der Waals surface area contributed by atoms with Gasteiger partial charge in [0.15, 0.2) is 11.6 Å². The Morgan fingerprint density at radius 1 is 1.27 bits per heavy atom. The number of anilines is 2. The molecule has 0 bridgehead atoms. The van der Waals surface area contributed by atoms with E-state index in [1.165, 1.54) is 0 Å². The molecule has 0 saturated carbocycles. The van der Waals surface area contributed by atoms with Gasteiger partial charge < -0.3 is 14.8 Å². The second-order valence-corrected chi connectivity index (χ2v) is 5.65. The quantitative estimate of drug-likeness (QED) is 0.612. The number of carboxylic acid groups (broad SMARTS) is 1. The van der Waals surface area contributed by atoms with Crippen molar-refractivity contribution in [3.05, 3.63) is 72.1 Å². The van der Waals surface area contributed by atoms with Gasteiger partial charge in [-0.25, -0.2) is 14.8 Å². The molecule has 2 aromatic heterocycles. The number of nitrogens with zero attached hydrogens (tertiary/aromatic N) is 2. The maximum Gasteiger partial charge on any atom is 0.335 e. The summed E-state index contributed by atoms with van der Waals surface area (Å²) in [7, 11) is 0. The van der Waals surface area contributed by atoms with Crippen LogP contribution < -0.4 is 5.32 Å². The molecule has 0 saturated heterocycles. The van der Waals surface area contributed by atoms with Gasteiger partial charge in [0, 0.05) is 16.9 Å². The first-order valence-corrected chi connectivity index (χ1v) is 8.27. The van der Waals surface area contributed by atoms with Crippen molar-refractivity contribution in [3.63, 3.8) is 0 Å². The highest BCUT2D eigenvalue weighted by atomic mass is 16.4. The highest BCUT2D eigenvalue weighted by molar-refractivity contribution is 5.88. The first-order chi connectivity index (χ1) is 12.6. The normalized spacial score (nSPS) is 10.5. The van der Waals surface area contributed by atoms with Crippen LogP contribution >= 0.6 is 0 Å². The number of carbonyl (C=O) groups is 1. The monoisotopic (exact) mass is 349 g/mol. The lowest BCUT2D eigenvalue weighted by Crippen LogP contribution is -2.07. The molecule has 0 radical (unpaired) electrons. The minimum atomic E-state index is -0.959. The molecule has 0 spiro atoms. The molecule has 6 heteroatoms. The van der Waals surface area contributed by atoms with Crippen molar-refractivity contribution < 1.29 is 14.3 Å². The SMILES string of the molecule is C=CCc1c(CC)nc(-c2ccco2)nc1Nc1ccc(C(=O)O)cc1. The zero-order chi connectivity index (χ0) is 18.5.